The van der Waals surface area contributed by atoms with Crippen LogP contribution in [0.1, 0.15) is 32.9 Å². The Kier molecular flexibility index (Phi) is 8.28. The molecule has 0 saturated carbocycles. The average molecular weight is 578 g/mol. The number of carbonyl (C=O) groups is 1. The first-order valence-electron chi connectivity index (χ1n) is 12.8. The van der Waals surface area contributed by atoms with Crippen molar-refractivity contribution in [1.82, 2.24) is 14.5 Å². The lowest BCUT2D eigenvalue weighted by Crippen LogP contribution is -2.10. The van der Waals surface area contributed by atoms with Crippen molar-refractivity contribution >= 4 is 28.6 Å². The maximum absolute atomic E-state index is 15.4. The summed E-state index contributed by atoms with van der Waals surface area (Å²) in [6.07, 6.45) is 0.141. The number of pyridine rings is 1. The second-order valence-electron chi connectivity index (χ2n) is 9.50. The molecule has 0 aliphatic carbocycles. The Bertz CT molecular complexity index is 1760. The zero-order valence-electron chi connectivity index (χ0n) is 22.3. The van der Waals surface area contributed by atoms with E-state index < -0.39 is 11.8 Å². The van der Waals surface area contributed by atoms with Gasteiger partial charge in [-0.15, -0.1) is 0 Å². The number of methoxy groups -OCH3 is 1. The van der Waals surface area contributed by atoms with Crippen molar-refractivity contribution in [3.8, 4) is 17.1 Å². The van der Waals surface area contributed by atoms with Gasteiger partial charge in [-0.25, -0.2) is 23.5 Å². The molecule has 10 heteroatoms. The monoisotopic (exact) mass is 577 g/mol. The van der Waals surface area contributed by atoms with E-state index >= 15 is 4.39 Å². The first-order chi connectivity index (χ1) is 19.7. The first kappa shape index (κ1) is 28.2. The van der Waals surface area contributed by atoms with Gasteiger partial charge in [0.15, 0.2) is 0 Å². The molecule has 0 aliphatic rings. The fraction of sp³-hybridized carbons (Fsp3) is 0.194. The predicted molar refractivity (Wildman–Crippen MR) is 151 cm³/mol. The van der Waals surface area contributed by atoms with Crippen LogP contribution in [0.15, 0.2) is 66.7 Å². The molecule has 0 unspecified atom stereocenters. The van der Waals surface area contributed by atoms with Gasteiger partial charge in [0.1, 0.15) is 24.1 Å². The third-order valence-corrected chi connectivity index (χ3v) is 7.06. The fourth-order valence-electron chi connectivity index (χ4n) is 4.55. The van der Waals surface area contributed by atoms with Crippen LogP contribution < -0.4 is 4.74 Å². The van der Waals surface area contributed by atoms with Crippen LogP contribution in [0.2, 0.25) is 5.02 Å². The standard InChI is InChI=1S/C31H26ClF2N3O4/c1-18-6-7-21(23(33)14-18)17-41-28-5-3-4-25(36-28)20-9-8-19(24(34)15-20)16-27-35-26-11-10-22(31(38)39)29(32)30(26)37(27)12-13-40-2/h3-11,14-15H,12-13,16-17H2,1-2H3,(H,38,39). The highest BCUT2D eigenvalue weighted by atomic mass is 35.5. The summed E-state index contributed by atoms with van der Waals surface area (Å²) < 4.78 is 42.2. The van der Waals surface area contributed by atoms with Crippen molar-refractivity contribution in [3.05, 3.63) is 111 Å². The lowest BCUT2D eigenvalue weighted by atomic mass is 10.1. The molecule has 1 N–H and O–H groups in total. The maximum atomic E-state index is 15.4. The molecule has 41 heavy (non-hydrogen) atoms. The number of benzene rings is 3. The minimum Gasteiger partial charge on any atom is -0.478 e. The van der Waals surface area contributed by atoms with E-state index in [0.717, 1.165) is 5.56 Å². The smallest absolute Gasteiger partial charge is 0.337 e. The number of ether oxygens (including phenoxy) is 2. The molecule has 0 aliphatic heterocycles. The lowest BCUT2D eigenvalue weighted by Gasteiger charge is -2.12. The van der Waals surface area contributed by atoms with E-state index in [1.165, 1.54) is 18.2 Å². The molecular weight excluding hydrogens is 552 g/mol. The van der Waals surface area contributed by atoms with Crippen LogP contribution in [-0.4, -0.2) is 39.3 Å². The van der Waals surface area contributed by atoms with Crippen LogP contribution >= 0.6 is 11.6 Å². The second kappa shape index (κ2) is 12.0. The number of rotatable bonds is 10. The SMILES string of the molecule is COCCn1c(Cc2ccc(-c3cccc(OCc4ccc(C)cc4F)n3)cc2F)nc2ccc(C(=O)O)c(Cl)c21. The summed E-state index contributed by atoms with van der Waals surface area (Å²) in [6.45, 7) is 2.51. The van der Waals surface area contributed by atoms with Gasteiger partial charge >= 0.3 is 5.97 Å². The van der Waals surface area contributed by atoms with Crippen LogP contribution in [0.25, 0.3) is 22.3 Å². The molecule has 2 heterocycles. The number of nitrogens with zero attached hydrogens (tertiary/aromatic N) is 3. The largest absolute Gasteiger partial charge is 0.478 e. The average Bonchev–Trinajstić information content (AvgIpc) is 3.30. The van der Waals surface area contributed by atoms with Crippen molar-refractivity contribution in [2.75, 3.05) is 13.7 Å². The summed E-state index contributed by atoms with van der Waals surface area (Å²) >= 11 is 6.45. The van der Waals surface area contributed by atoms with E-state index in [9.17, 15) is 14.3 Å². The number of aromatic nitrogens is 3. The summed E-state index contributed by atoms with van der Waals surface area (Å²) in [7, 11) is 1.55. The quantitative estimate of drug-likeness (QED) is 0.195. The van der Waals surface area contributed by atoms with Crippen molar-refractivity contribution in [1.29, 1.82) is 0 Å². The molecular formula is C31H26ClF2N3O4. The Balaban J connectivity index is 1.40. The zero-order chi connectivity index (χ0) is 29.1. The Morgan fingerprint density at radius 1 is 1.00 bits per heavy atom. The summed E-state index contributed by atoms with van der Waals surface area (Å²) in [5, 5.41) is 9.56. The van der Waals surface area contributed by atoms with Crippen LogP contribution in [0.5, 0.6) is 5.88 Å². The lowest BCUT2D eigenvalue weighted by molar-refractivity contribution is 0.0697. The Hall–Kier alpha value is -4.34. The van der Waals surface area contributed by atoms with Gasteiger partial charge in [0.2, 0.25) is 5.88 Å². The number of carboxylic acids is 1. The highest BCUT2D eigenvalue weighted by Crippen LogP contribution is 2.30. The first-order valence-corrected chi connectivity index (χ1v) is 13.2. The molecule has 0 atom stereocenters. The molecule has 7 nitrogen and oxygen atoms in total. The van der Waals surface area contributed by atoms with Crippen molar-refractivity contribution < 1.29 is 28.2 Å². The molecule has 0 saturated heterocycles. The van der Waals surface area contributed by atoms with Gasteiger partial charge in [0, 0.05) is 37.3 Å². The van der Waals surface area contributed by atoms with E-state index in [1.807, 2.05) is 13.0 Å². The van der Waals surface area contributed by atoms with E-state index in [4.69, 9.17) is 21.1 Å². The molecule has 0 radical (unpaired) electrons. The van der Waals surface area contributed by atoms with Crippen LogP contribution in [0.4, 0.5) is 8.78 Å². The summed E-state index contributed by atoms with van der Waals surface area (Å²) in [5.74, 6) is -1.15. The van der Waals surface area contributed by atoms with Crippen molar-refractivity contribution in [2.24, 2.45) is 0 Å². The third kappa shape index (κ3) is 6.06. The molecule has 0 fully saturated rings. The number of imidazole rings is 1. The second-order valence-corrected chi connectivity index (χ2v) is 9.88. The summed E-state index contributed by atoms with van der Waals surface area (Å²) in [5.41, 5.74) is 3.59. The third-order valence-electron chi connectivity index (χ3n) is 6.68. The minimum absolute atomic E-state index is 0.0118. The Labute approximate surface area is 240 Å². The molecule has 0 bridgehead atoms. The van der Waals surface area contributed by atoms with Crippen LogP contribution in [-0.2, 0) is 24.3 Å². The molecule has 210 valence electrons. The summed E-state index contributed by atoms with van der Waals surface area (Å²) in [6, 6.07) is 17.9. The Morgan fingerprint density at radius 3 is 2.51 bits per heavy atom. The van der Waals surface area contributed by atoms with Crippen molar-refractivity contribution in [2.45, 2.75) is 26.5 Å². The number of halogens is 3. The molecule has 0 spiro atoms. The number of aromatic carboxylic acids is 1. The van der Waals surface area contributed by atoms with Crippen LogP contribution in [0, 0.1) is 18.6 Å². The number of hydrogen-bond donors (Lipinski definition) is 1. The highest BCUT2D eigenvalue weighted by Gasteiger charge is 2.20. The van der Waals surface area contributed by atoms with E-state index in [1.54, 1.807) is 54.1 Å². The van der Waals surface area contributed by atoms with Gasteiger partial charge in [-0.05, 0) is 48.4 Å². The summed E-state index contributed by atoms with van der Waals surface area (Å²) in [4.78, 5) is 20.7. The van der Waals surface area contributed by atoms with Gasteiger partial charge in [-0.3, -0.25) is 0 Å². The van der Waals surface area contributed by atoms with Crippen LogP contribution in [0.3, 0.4) is 0 Å². The van der Waals surface area contributed by atoms with Gasteiger partial charge < -0.3 is 19.1 Å². The fourth-order valence-corrected chi connectivity index (χ4v) is 4.89. The van der Waals surface area contributed by atoms with Gasteiger partial charge in [-0.1, -0.05) is 41.9 Å². The van der Waals surface area contributed by atoms with E-state index in [-0.39, 0.29) is 35.3 Å². The van der Waals surface area contributed by atoms with Crippen molar-refractivity contribution in [3.63, 3.8) is 0 Å². The van der Waals surface area contributed by atoms with Gasteiger partial charge in [-0.2, -0.15) is 0 Å². The molecule has 2 aromatic heterocycles. The maximum Gasteiger partial charge on any atom is 0.337 e. The van der Waals surface area contributed by atoms with Gasteiger partial charge in [0.25, 0.3) is 0 Å². The molecule has 0 amide bonds. The number of hydrogen-bond acceptors (Lipinski definition) is 5. The number of aryl methyl sites for hydroxylation is 1. The van der Waals surface area contributed by atoms with E-state index in [2.05, 4.69) is 9.97 Å². The topological polar surface area (TPSA) is 86.5 Å². The normalized spacial score (nSPS) is 11.2. The number of carboxylic acid groups (broad SMARTS) is 1. The van der Waals surface area contributed by atoms with Gasteiger partial charge in [0.05, 0.1) is 33.9 Å². The van der Waals surface area contributed by atoms with E-state index in [0.29, 0.717) is 52.4 Å². The molecule has 3 aromatic carbocycles. The number of fused-ring (bicyclic) bond motifs is 1. The Morgan fingerprint density at radius 2 is 1.78 bits per heavy atom. The predicted octanol–water partition coefficient (Wildman–Crippen LogP) is 6.85. The zero-order valence-corrected chi connectivity index (χ0v) is 23.1. The molecule has 5 aromatic rings. The molecule has 5 rings (SSSR count). The highest BCUT2D eigenvalue weighted by molar-refractivity contribution is 6.37. The minimum atomic E-state index is -1.15.